The highest BCUT2D eigenvalue weighted by Crippen LogP contribution is 2.14. The Morgan fingerprint density at radius 1 is 0.913 bits per heavy atom. The molecular weight excluding hydrogens is 296 g/mol. The van der Waals surface area contributed by atoms with E-state index in [-0.39, 0.29) is 18.9 Å². The second kappa shape index (κ2) is 15.8. The zero-order chi connectivity index (χ0) is 17.3. The normalized spacial score (nSPS) is 12.1. The summed E-state index contributed by atoms with van der Waals surface area (Å²) >= 11 is 0. The maximum Gasteiger partial charge on any atom is 0.306 e. The number of ether oxygens (including phenoxy) is 2. The minimum atomic E-state index is -0.974. The predicted molar refractivity (Wildman–Crippen MR) is 90.5 cm³/mol. The highest BCUT2D eigenvalue weighted by atomic mass is 16.5. The molecule has 0 aromatic rings. The van der Waals surface area contributed by atoms with Crippen molar-refractivity contribution in [3.8, 4) is 0 Å². The summed E-state index contributed by atoms with van der Waals surface area (Å²) in [4.78, 5) is 22.1. The third-order valence-corrected chi connectivity index (χ3v) is 3.86. The predicted octanol–water partition coefficient (Wildman–Crippen LogP) is 4.33. The van der Waals surface area contributed by atoms with Gasteiger partial charge in [-0.05, 0) is 12.8 Å². The van der Waals surface area contributed by atoms with Crippen LogP contribution in [-0.2, 0) is 19.1 Å². The van der Waals surface area contributed by atoms with Gasteiger partial charge in [-0.25, -0.2) is 0 Å². The number of hydrogen-bond acceptors (Lipinski definition) is 4. The number of rotatable bonds is 16. The summed E-state index contributed by atoms with van der Waals surface area (Å²) in [5.41, 5.74) is 0. The van der Waals surface area contributed by atoms with Gasteiger partial charge in [0.25, 0.3) is 0 Å². The summed E-state index contributed by atoms with van der Waals surface area (Å²) < 4.78 is 10.4. The van der Waals surface area contributed by atoms with Gasteiger partial charge in [-0.2, -0.15) is 0 Å². The van der Waals surface area contributed by atoms with Crippen molar-refractivity contribution in [1.29, 1.82) is 0 Å². The zero-order valence-electron chi connectivity index (χ0n) is 14.8. The highest BCUT2D eigenvalue weighted by Gasteiger charge is 2.15. The summed E-state index contributed by atoms with van der Waals surface area (Å²) in [6.07, 6.45) is 11.0. The molecule has 0 aliphatic carbocycles. The Hall–Kier alpha value is -1.10. The summed E-state index contributed by atoms with van der Waals surface area (Å²) in [7, 11) is 1.62. The van der Waals surface area contributed by atoms with Gasteiger partial charge in [-0.3, -0.25) is 9.59 Å². The van der Waals surface area contributed by atoms with Crippen molar-refractivity contribution in [2.24, 2.45) is 0 Å². The van der Waals surface area contributed by atoms with Gasteiger partial charge in [-0.15, -0.1) is 0 Å². The van der Waals surface area contributed by atoms with Crippen LogP contribution in [0.1, 0.15) is 84.0 Å². The molecule has 5 heteroatoms. The van der Waals surface area contributed by atoms with Crippen LogP contribution < -0.4 is 0 Å². The van der Waals surface area contributed by atoms with Gasteiger partial charge in [0.1, 0.15) is 6.10 Å². The smallest absolute Gasteiger partial charge is 0.306 e. The van der Waals surface area contributed by atoms with Gasteiger partial charge < -0.3 is 14.6 Å². The van der Waals surface area contributed by atoms with E-state index in [1.807, 2.05) is 0 Å². The Bertz CT molecular complexity index is 304. The van der Waals surface area contributed by atoms with E-state index in [2.05, 4.69) is 6.92 Å². The standard InChI is InChI=1S/C18H34O5/c1-3-4-5-6-7-8-9-10-11-16(14-15-22-2)23-18(21)13-12-17(19)20/h16H,3-15H2,1-2H3,(H,19,20). The molecule has 136 valence electrons. The average Bonchev–Trinajstić information content (AvgIpc) is 2.52. The molecule has 0 amide bonds. The van der Waals surface area contributed by atoms with Crippen molar-refractivity contribution in [3.63, 3.8) is 0 Å². The van der Waals surface area contributed by atoms with Gasteiger partial charge in [0, 0.05) is 20.1 Å². The number of carbonyl (C=O) groups excluding carboxylic acids is 1. The molecule has 0 heterocycles. The largest absolute Gasteiger partial charge is 0.481 e. The fraction of sp³-hybridized carbons (Fsp3) is 0.889. The van der Waals surface area contributed by atoms with E-state index in [0.717, 1.165) is 19.3 Å². The molecule has 0 bridgehead atoms. The molecule has 0 rings (SSSR count). The molecule has 1 N–H and O–H groups in total. The molecule has 0 fully saturated rings. The summed E-state index contributed by atoms with van der Waals surface area (Å²) in [6, 6.07) is 0. The molecule has 0 aromatic carbocycles. The van der Waals surface area contributed by atoms with Gasteiger partial charge >= 0.3 is 11.9 Å². The lowest BCUT2D eigenvalue weighted by atomic mass is 10.0. The number of carboxylic acid groups (broad SMARTS) is 1. The summed E-state index contributed by atoms with van der Waals surface area (Å²) in [6.45, 7) is 2.77. The maximum absolute atomic E-state index is 11.6. The van der Waals surface area contributed by atoms with Crippen molar-refractivity contribution >= 4 is 11.9 Å². The third kappa shape index (κ3) is 15.6. The van der Waals surface area contributed by atoms with Crippen LogP contribution in [0.25, 0.3) is 0 Å². The molecule has 23 heavy (non-hydrogen) atoms. The SMILES string of the molecule is CCCCCCCCCCC(CCOC)OC(=O)CCC(=O)O. The van der Waals surface area contributed by atoms with Crippen LogP contribution in [0.4, 0.5) is 0 Å². The van der Waals surface area contributed by atoms with Crippen LogP contribution in [0.2, 0.25) is 0 Å². The van der Waals surface area contributed by atoms with Crippen LogP contribution in [0.3, 0.4) is 0 Å². The van der Waals surface area contributed by atoms with E-state index < -0.39 is 11.9 Å². The molecule has 5 nitrogen and oxygen atoms in total. The first-order valence-corrected chi connectivity index (χ1v) is 9.00. The quantitative estimate of drug-likeness (QED) is 0.337. The van der Waals surface area contributed by atoms with Crippen LogP contribution >= 0.6 is 0 Å². The number of esters is 1. The van der Waals surface area contributed by atoms with Crippen molar-refractivity contribution in [3.05, 3.63) is 0 Å². The molecule has 0 spiro atoms. The second-order valence-electron chi connectivity index (χ2n) is 6.05. The van der Waals surface area contributed by atoms with Crippen LogP contribution in [0, 0.1) is 0 Å². The Morgan fingerprint density at radius 3 is 2.09 bits per heavy atom. The lowest BCUT2D eigenvalue weighted by molar-refractivity contribution is -0.153. The molecular formula is C18H34O5. The number of unbranched alkanes of at least 4 members (excludes halogenated alkanes) is 7. The van der Waals surface area contributed by atoms with E-state index in [9.17, 15) is 9.59 Å². The van der Waals surface area contributed by atoms with Crippen LogP contribution in [0.15, 0.2) is 0 Å². The van der Waals surface area contributed by atoms with E-state index in [1.54, 1.807) is 7.11 Å². The van der Waals surface area contributed by atoms with Crippen molar-refractivity contribution in [1.82, 2.24) is 0 Å². The minimum Gasteiger partial charge on any atom is -0.481 e. The fourth-order valence-corrected chi connectivity index (χ4v) is 2.47. The second-order valence-corrected chi connectivity index (χ2v) is 6.05. The minimum absolute atomic E-state index is 0.0593. The number of aliphatic carboxylic acids is 1. The van der Waals surface area contributed by atoms with Gasteiger partial charge in [0.15, 0.2) is 0 Å². The number of carbonyl (C=O) groups is 2. The molecule has 0 aliphatic rings. The molecule has 0 saturated carbocycles. The lowest BCUT2D eigenvalue weighted by Crippen LogP contribution is -2.20. The van der Waals surface area contributed by atoms with Gasteiger partial charge in [0.05, 0.1) is 12.8 Å². The fourth-order valence-electron chi connectivity index (χ4n) is 2.47. The average molecular weight is 330 g/mol. The van der Waals surface area contributed by atoms with Crippen LogP contribution in [-0.4, -0.2) is 36.9 Å². The van der Waals surface area contributed by atoms with E-state index in [1.165, 1.54) is 38.5 Å². The Labute approximate surface area is 140 Å². The van der Waals surface area contributed by atoms with Gasteiger partial charge in [0.2, 0.25) is 0 Å². The first-order chi connectivity index (χ1) is 11.1. The van der Waals surface area contributed by atoms with Gasteiger partial charge in [-0.1, -0.05) is 51.9 Å². The molecule has 0 radical (unpaired) electrons. The Kier molecular flexibility index (Phi) is 15.0. The molecule has 1 atom stereocenters. The maximum atomic E-state index is 11.6. The molecule has 0 aliphatic heterocycles. The van der Waals surface area contributed by atoms with Crippen molar-refractivity contribution < 1.29 is 24.2 Å². The Balaban J connectivity index is 3.82. The molecule has 0 aromatic heterocycles. The topological polar surface area (TPSA) is 72.8 Å². The third-order valence-electron chi connectivity index (χ3n) is 3.86. The lowest BCUT2D eigenvalue weighted by Gasteiger charge is -2.17. The number of hydrogen-bond donors (Lipinski definition) is 1. The highest BCUT2D eigenvalue weighted by molar-refractivity contribution is 5.76. The van der Waals surface area contributed by atoms with E-state index >= 15 is 0 Å². The molecule has 1 unspecified atom stereocenters. The van der Waals surface area contributed by atoms with E-state index in [4.69, 9.17) is 14.6 Å². The molecule has 0 saturated heterocycles. The van der Waals surface area contributed by atoms with E-state index in [0.29, 0.717) is 13.0 Å². The first kappa shape index (κ1) is 21.9. The number of carboxylic acids is 1. The van der Waals surface area contributed by atoms with Crippen LogP contribution in [0.5, 0.6) is 0 Å². The monoisotopic (exact) mass is 330 g/mol. The van der Waals surface area contributed by atoms with Crippen molar-refractivity contribution in [2.75, 3.05) is 13.7 Å². The summed E-state index contributed by atoms with van der Waals surface area (Å²) in [5, 5.41) is 8.59. The first-order valence-electron chi connectivity index (χ1n) is 9.00. The summed E-state index contributed by atoms with van der Waals surface area (Å²) in [5.74, 6) is -1.40. The number of methoxy groups -OCH3 is 1. The zero-order valence-corrected chi connectivity index (χ0v) is 14.8. The Morgan fingerprint density at radius 2 is 1.52 bits per heavy atom. The van der Waals surface area contributed by atoms with Crippen molar-refractivity contribution in [2.45, 2.75) is 90.1 Å².